The Labute approximate surface area is 103 Å². The molecule has 7 aliphatic rings. The molecular weight excluding hydrogens is 268 g/mol. The van der Waals surface area contributed by atoms with Crippen LogP contribution in [0.1, 0.15) is 6.42 Å². The Morgan fingerprint density at radius 2 is 1.62 bits per heavy atom. The summed E-state index contributed by atoms with van der Waals surface area (Å²) in [7, 11) is 0. The number of hydrogen-bond acceptors (Lipinski definition) is 2. The van der Waals surface area contributed by atoms with Gasteiger partial charge < -0.3 is 9.47 Å². The molecule has 0 aromatic heterocycles. The number of halogens is 1. The average Bonchev–Trinajstić information content (AvgIpc) is 3.01. The van der Waals surface area contributed by atoms with Gasteiger partial charge in [0, 0.05) is 16.7 Å². The second-order valence-electron chi connectivity index (χ2n) is 6.79. The minimum atomic E-state index is -0.101. The largest absolute Gasteiger partial charge is 0.347 e. The average molecular weight is 283 g/mol. The van der Waals surface area contributed by atoms with Gasteiger partial charge in [-0.1, -0.05) is 15.9 Å². The van der Waals surface area contributed by atoms with Crippen LogP contribution >= 0.6 is 15.9 Å². The van der Waals surface area contributed by atoms with Gasteiger partial charge in [-0.25, -0.2) is 0 Å². The van der Waals surface area contributed by atoms with Crippen molar-refractivity contribution in [2.24, 2.45) is 47.3 Å². The summed E-state index contributed by atoms with van der Waals surface area (Å²) in [5, 5.41) is 0. The highest BCUT2D eigenvalue weighted by atomic mass is 79.9. The van der Waals surface area contributed by atoms with Crippen LogP contribution in [0.3, 0.4) is 0 Å². The van der Waals surface area contributed by atoms with Gasteiger partial charge in [-0.15, -0.1) is 0 Å². The van der Waals surface area contributed by atoms with Crippen molar-refractivity contribution in [2.75, 3.05) is 13.2 Å². The summed E-state index contributed by atoms with van der Waals surface area (Å²) in [5.74, 6) is 7.19. The van der Waals surface area contributed by atoms with E-state index in [0.29, 0.717) is 0 Å². The quantitative estimate of drug-likeness (QED) is 0.632. The molecule has 0 amide bonds. The molecule has 86 valence electrons. The first kappa shape index (κ1) is 8.49. The van der Waals surface area contributed by atoms with Crippen LogP contribution in [0, 0.1) is 47.3 Å². The molecule has 0 N–H and O–H groups in total. The molecule has 7 rings (SSSR count). The summed E-state index contributed by atoms with van der Waals surface area (Å²) in [6, 6.07) is 0. The summed E-state index contributed by atoms with van der Waals surface area (Å²) in [4.78, 5) is 0.791. The van der Waals surface area contributed by atoms with Gasteiger partial charge in [0.15, 0.2) is 5.79 Å². The summed E-state index contributed by atoms with van der Waals surface area (Å²) in [6.07, 6.45) is 1.49. The molecule has 0 radical (unpaired) electrons. The third kappa shape index (κ3) is 0.537. The smallest absolute Gasteiger partial charge is 0.175 e. The molecule has 16 heavy (non-hydrogen) atoms. The van der Waals surface area contributed by atoms with Crippen molar-refractivity contribution in [1.82, 2.24) is 0 Å². The van der Waals surface area contributed by atoms with Crippen LogP contribution in [0.2, 0.25) is 0 Å². The zero-order valence-electron chi connectivity index (χ0n) is 9.01. The number of rotatable bonds is 0. The summed E-state index contributed by atoms with van der Waals surface area (Å²) >= 11 is 4.01. The van der Waals surface area contributed by atoms with E-state index >= 15 is 0 Å². The second kappa shape index (κ2) is 2.17. The highest BCUT2D eigenvalue weighted by Crippen LogP contribution is 2.87. The monoisotopic (exact) mass is 282 g/mol. The predicted molar refractivity (Wildman–Crippen MR) is 59.9 cm³/mol. The lowest BCUT2D eigenvalue weighted by molar-refractivity contribution is -0.195. The van der Waals surface area contributed by atoms with E-state index < -0.39 is 0 Å². The van der Waals surface area contributed by atoms with E-state index in [-0.39, 0.29) is 5.79 Å². The van der Waals surface area contributed by atoms with E-state index in [2.05, 4.69) is 15.9 Å². The van der Waals surface area contributed by atoms with Crippen molar-refractivity contribution in [3.8, 4) is 0 Å². The molecule has 6 bridgehead atoms. The molecule has 6 aliphatic carbocycles. The van der Waals surface area contributed by atoms with E-state index in [1.165, 1.54) is 6.42 Å². The number of hydrogen-bond donors (Lipinski definition) is 0. The third-order valence-corrected chi connectivity index (χ3v) is 8.25. The van der Waals surface area contributed by atoms with Crippen molar-refractivity contribution in [3.05, 3.63) is 0 Å². The van der Waals surface area contributed by atoms with Crippen LogP contribution in [0.4, 0.5) is 0 Å². The van der Waals surface area contributed by atoms with Crippen LogP contribution in [0.5, 0.6) is 0 Å². The SMILES string of the molecule is Br[C@H]1[C@H]2C3[C@@H]4C[C@H]5[C@@H]([C@@H]14)[C@@H]2C1(OCCO1)[C@@H]35. The zero-order chi connectivity index (χ0) is 10.2. The molecule has 1 aliphatic heterocycles. The fraction of sp³-hybridized carbons (Fsp3) is 1.00. The van der Waals surface area contributed by atoms with Crippen molar-refractivity contribution in [1.29, 1.82) is 0 Å². The molecule has 1 spiro atoms. The summed E-state index contributed by atoms with van der Waals surface area (Å²) < 4.78 is 12.3. The Balaban J connectivity index is 1.65. The Hall–Kier alpha value is 0.400. The van der Waals surface area contributed by atoms with E-state index in [4.69, 9.17) is 9.47 Å². The van der Waals surface area contributed by atoms with E-state index in [9.17, 15) is 0 Å². The van der Waals surface area contributed by atoms with Gasteiger partial charge in [0.25, 0.3) is 0 Å². The molecule has 9 atom stereocenters. The van der Waals surface area contributed by atoms with Crippen LogP contribution in [0.15, 0.2) is 0 Å². The highest BCUT2D eigenvalue weighted by Gasteiger charge is 2.88. The molecule has 3 heteroatoms. The normalized spacial score (nSPS) is 74.4. The van der Waals surface area contributed by atoms with E-state index in [1.807, 2.05) is 0 Å². The lowest BCUT2D eigenvalue weighted by Gasteiger charge is -2.32. The Bertz CT molecular complexity index is 403. The van der Waals surface area contributed by atoms with Crippen LogP contribution in [-0.4, -0.2) is 23.8 Å². The lowest BCUT2D eigenvalue weighted by Crippen LogP contribution is -2.37. The first-order valence-corrected chi connectivity index (χ1v) is 7.68. The molecular formula is C13H15BrO2. The number of alkyl halides is 1. The lowest BCUT2D eigenvalue weighted by atomic mass is 9.71. The predicted octanol–water partition coefficient (Wildman–Crippen LogP) is 1.88. The summed E-state index contributed by atoms with van der Waals surface area (Å²) in [5.41, 5.74) is 0. The van der Waals surface area contributed by atoms with Gasteiger partial charge in [-0.2, -0.15) is 0 Å². The Kier molecular flexibility index (Phi) is 1.15. The molecule has 0 aromatic carbocycles. The van der Waals surface area contributed by atoms with Crippen LogP contribution in [0.25, 0.3) is 0 Å². The van der Waals surface area contributed by atoms with Gasteiger partial charge in [0.2, 0.25) is 0 Å². The Morgan fingerprint density at radius 1 is 0.875 bits per heavy atom. The zero-order valence-corrected chi connectivity index (χ0v) is 10.6. The van der Waals surface area contributed by atoms with E-state index in [1.54, 1.807) is 0 Å². The molecule has 0 aromatic rings. The minimum Gasteiger partial charge on any atom is -0.347 e. The van der Waals surface area contributed by atoms with Crippen molar-refractivity contribution >= 4 is 15.9 Å². The summed E-state index contributed by atoms with van der Waals surface area (Å²) in [6.45, 7) is 1.68. The van der Waals surface area contributed by atoms with Crippen LogP contribution < -0.4 is 0 Å². The highest BCUT2D eigenvalue weighted by molar-refractivity contribution is 9.09. The molecule has 7 fully saturated rings. The maximum absolute atomic E-state index is 6.17. The van der Waals surface area contributed by atoms with Gasteiger partial charge in [0.1, 0.15) is 0 Å². The van der Waals surface area contributed by atoms with Crippen molar-refractivity contribution in [2.45, 2.75) is 17.0 Å². The topological polar surface area (TPSA) is 18.5 Å². The van der Waals surface area contributed by atoms with Crippen LogP contribution in [-0.2, 0) is 9.47 Å². The second-order valence-corrected chi connectivity index (χ2v) is 7.84. The van der Waals surface area contributed by atoms with Crippen molar-refractivity contribution < 1.29 is 9.47 Å². The molecule has 6 saturated carbocycles. The van der Waals surface area contributed by atoms with Gasteiger partial charge in [-0.3, -0.25) is 0 Å². The maximum atomic E-state index is 6.17. The first-order valence-electron chi connectivity index (χ1n) is 6.76. The van der Waals surface area contributed by atoms with Gasteiger partial charge in [-0.05, 0) is 41.9 Å². The third-order valence-electron chi connectivity index (χ3n) is 7.02. The van der Waals surface area contributed by atoms with Gasteiger partial charge in [0.05, 0.1) is 13.2 Å². The molecule has 1 saturated heterocycles. The first-order chi connectivity index (χ1) is 7.84. The van der Waals surface area contributed by atoms with E-state index in [0.717, 1.165) is 65.4 Å². The fourth-order valence-corrected chi connectivity index (χ4v) is 8.77. The maximum Gasteiger partial charge on any atom is 0.175 e. The van der Waals surface area contributed by atoms with Gasteiger partial charge >= 0.3 is 0 Å². The molecule has 1 unspecified atom stereocenters. The Morgan fingerprint density at radius 3 is 2.38 bits per heavy atom. The van der Waals surface area contributed by atoms with Crippen molar-refractivity contribution in [3.63, 3.8) is 0 Å². The molecule has 1 heterocycles. The fourth-order valence-electron chi connectivity index (χ4n) is 7.35. The number of ether oxygens (including phenoxy) is 2. The standard InChI is InChI=1S/C13H15BrO2/c14-12-8-4-3-5-7(8)11-9(12)6(4)10(5)13(11)15-1-2-16-13/h4-12H,1-3H2/t4-,5-,6?,7-,8-,9-,10+,11-,12+/m0/s1. The molecule has 2 nitrogen and oxygen atoms in total. The minimum absolute atomic E-state index is 0.101.